The van der Waals surface area contributed by atoms with Gasteiger partial charge in [0.05, 0.1) is 0 Å². The summed E-state index contributed by atoms with van der Waals surface area (Å²) in [5.74, 6) is -1.09. The van der Waals surface area contributed by atoms with Gasteiger partial charge in [-0.05, 0) is 51.9 Å². The smallest absolute Gasteiger partial charge is 0.318 e. The molecule has 4 aliphatic rings. The van der Waals surface area contributed by atoms with Crippen LogP contribution in [0.1, 0.15) is 50.2 Å². The van der Waals surface area contributed by atoms with Crippen molar-refractivity contribution in [2.45, 2.75) is 63.1 Å². The van der Waals surface area contributed by atoms with Crippen LogP contribution in [0.5, 0.6) is 0 Å². The molecule has 7 rings (SSSR count). The molecule has 2 fully saturated rings. The van der Waals surface area contributed by atoms with Crippen molar-refractivity contribution in [3.05, 3.63) is 59.7 Å². The lowest BCUT2D eigenvalue weighted by molar-refractivity contribution is -0.157. The molecule has 4 nitrogen and oxygen atoms in total. The summed E-state index contributed by atoms with van der Waals surface area (Å²) >= 11 is 0. The van der Waals surface area contributed by atoms with Crippen LogP contribution in [0.25, 0.3) is 21.5 Å². The van der Waals surface area contributed by atoms with Crippen molar-refractivity contribution < 1.29 is 19.1 Å². The predicted molar refractivity (Wildman–Crippen MR) is 119 cm³/mol. The van der Waals surface area contributed by atoms with Crippen LogP contribution in [0.3, 0.4) is 0 Å². The first-order valence-electron chi connectivity index (χ1n) is 11.5. The molecule has 4 atom stereocenters. The first kappa shape index (κ1) is 18.9. The van der Waals surface area contributed by atoms with Crippen molar-refractivity contribution in [1.29, 1.82) is 0 Å². The molecular formula is C27H26O4. The third-order valence-electron chi connectivity index (χ3n) is 7.64. The van der Waals surface area contributed by atoms with Crippen molar-refractivity contribution in [2.75, 3.05) is 0 Å². The van der Waals surface area contributed by atoms with E-state index in [9.17, 15) is 9.59 Å². The molecule has 2 aliphatic heterocycles. The number of hydrogen-bond acceptors (Lipinski definition) is 4. The minimum atomic E-state index is -0.974. The number of hydrogen-bond donors (Lipinski definition) is 0. The van der Waals surface area contributed by atoms with Gasteiger partial charge in [-0.1, -0.05) is 74.7 Å². The highest BCUT2D eigenvalue weighted by Crippen LogP contribution is 2.58. The van der Waals surface area contributed by atoms with Gasteiger partial charge in [-0.3, -0.25) is 9.59 Å². The molecule has 158 valence electrons. The van der Waals surface area contributed by atoms with Crippen molar-refractivity contribution in [3.8, 4) is 0 Å². The fourth-order valence-corrected chi connectivity index (χ4v) is 6.31. The van der Waals surface area contributed by atoms with E-state index in [4.69, 9.17) is 9.47 Å². The van der Waals surface area contributed by atoms with Crippen LogP contribution >= 0.6 is 0 Å². The van der Waals surface area contributed by atoms with Gasteiger partial charge in [0, 0.05) is 0 Å². The van der Waals surface area contributed by atoms with E-state index in [0.717, 1.165) is 47.6 Å². The van der Waals surface area contributed by atoms with E-state index < -0.39 is 17.4 Å². The molecule has 2 heterocycles. The maximum atomic E-state index is 13.6. The summed E-state index contributed by atoms with van der Waals surface area (Å²) in [6.07, 6.45) is 4.88. The first-order chi connectivity index (χ1) is 15.2. The second-order valence-corrected chi connectivity index (χ2v) is 9.27. The van der Waals surface area contributed by atoms with Crippen molar-refractivity contribution in [3.63, 3.8) is 0 Å². The van der Waals surface area contributed by atoms with E-state index >= 15 is 0 Å². The highest BCUT2D eigenvalue weighted by atomic mass is 16.6. The Bertz CT molecular complexity index is 1170. The number of unbranched alkanes of at least 4 members (excludes halogenated alkanes) is 3. The van der Waals surface area contributed by atoms with E-state index in [1.54, 1.807) is 0 Å². The van der Waals surface area contributed by atoms with Gasteiger partial charge >= 0.3 is 11.9 Å². The second kappa shape index (κ2) is 6.81. The first-order valence-corrected chi connectivity index (χ1v) is 11.5. The van der Waals surface area contributed by atoms with Gasteiger partial charge in [-0.15, -0.1) is 0 Å². The molecule has 3 aromatic carbocycles. The van der Waals surface area contributed by atoms with Crippen LogP contribution in [-0.4, -0.2) is 24.1 Å². The fraction of sp³-hybridized carbons (Fsp3) is 0.407. The van der Waals surface area contributed by atoms with Crippen molar-refractivity contribution in [1.82, 2.24) is 0 Å². The largest absolute Gasteiger partial charge is 0.458 e. The average Bonchev–Trinajstić information content (AvgIpc) is 3.26. The fourth-order valence-electron chi connectivity index (χ4n) is 6.31. The third-order valence-corrected chi connectivity index (χ3v) is 7.64. The number of fused-ring (bicyclic) bond motifs is 1. The average molecular weight is 415 g/mol. The summed E-state index contributed by atoms with van der Waals surface area (Å²) in [5.41, 5.74) is 1.12. The van der Waals surface area contributed by atoms with Gasteiger partial charge in [0.2, 0.25) is 0 Å². The molecule has 3 aromatic rings. The summed E-state index contributed by atoms with van der Waals surface area (Å²) in [4.78, 5) is 26.8. The topological polar surface area (TPSA) is 52.6 Å². The summed E-state index contributed by atoms with van der Waals surface area (Å²) in [5, 5.41) is 4.44. The number of esters is 2. The van der Waals surface area contributed by atoms with E-state index in [0.29, 0.717) is 6.42 Å². The Morgan fingerprint density at radius 2 is 1.52 bits per heavy atom. The standard InChI is InChI=1S/C27H26O4/c1-2-3-4-5-14-21-24-23(25(28)30-21)27(26(29)31-24)15-20-16-10-6-8-12-18(16)22(27)19-13-9-7-11-17(19)20/h6-13,21,23-24H,2-5,14-15H2,1H3/t21-,23+,24+,27-/m0/s1. The zero-order valence-corrected chi connectivity index (χ0v) is 17.7. The Kier molecular flexibility index (Phi) is 4.14. The Hall–Kier alpha value is -2.88. The zero-order chi connectivity index (χ0) is 21.2. The highest BCUT2D eigenvalue weighted by molar-refractivity contribution is 6.14. The molecule has 2 aliphatic carbocycles. The van der Waals surface area contributed by atoms with Crippen LogP contribution < -0.4 is 0 Å². The lowest BCUT2D eigenvalue weighted by Gasteiger charge is -2.38. The maximum Gasteiger partial charge on any atom is 0.318 e. The van der Waals surface area contributed by atoms with Crippen LogP contribution in [0, 0.1) is 5.92 Å². The molecule has 2 saturated heterocycles. The van der Waals surface area contributed by atoms with E-state index in [1.165, 1.54) is 17.2 Å². The van der Waals surface area contributed by atoms with Gasteiger partial charge < -0.3 is 9.47 Å². The van der Waals surface area contributed by atoms with E-state index in [1.807, 2.05) is 24.3 Å². The quantitative estimate of drug-likeness (QED) is 0.326. The van der Waals surface area contributed by atoms with E-state index in [2.05, 4.69) is 31.2 Å². The van der Waals surface area contributed by atoms with Crippen LogP contribution in [0.2, 0.25) is 0 Å². The number of carbonyl (C=O) groups excluding carboxylic acids is 2. The zero-order valence-electron chi connectivity index (χ0n) is 17.7. The summed E-state index contributed by atoms with van der Waals surface area (Å²) < 4.78 is 11.8. The van der Waals surface area contributed by atoms with Crippen molar-refractivity contribution in [2.24, 2.45) is 5.92 Å². The molecule has 0 N–H and O–H groups in total. The number of cyclic esters (lactones) is 1. The Labute approximate surface area is 181 Å². The Morgan fingerprint density at radius 3 is 2.16 bits per heavy atom. The predicted octanol–water partition coefficient (Wildman–Crippen LogP) is 5.22. The summed E-state index contributed by atoms with van der Waals surface area (Å²) in [6, 6.07) is 16.5. The highest BCUT2D eigenvalue weighted by Gasteiger charge is 2.69. The maximum absolute atomic E-state index is 13.6. The molecule has 31 heavy (non-hydrogen) atoms. The molecule has 0 amide bonds. The monoisotopic (exact) mass is 414 g/mol. The Morgan fingerprint density at radius 1 is 0.871 bits per heavy atom. The second-order valence-electron chi connectivity index (χ2n) is 9.27. The molecular weight excluding hydrogens is 388 g/mol. The van der Waals surface area contributed by atoms with Gasteiger partial charge in [-0.25, -0.2) is 0 Å². The molecule has 0 unspecified atom stereocenters. The van der Waals surface area contributed by atoms with Crippen LogP contribution in [0.4, 0.5) is 0 Å². The number of ether oxygens (including phenoxy) is 2. The lowest BCUT2D eigenvalue weighted by Crippen LogP contribution is -2.46. The lowest BCUT2D eigenvalue weighted by atomic mass is 9.59. The van der Waals surface area contributed by atoms with Gasteiger partial charge in [0.15, 0.2) is 6.10 Å². The summed E-state index contributed by atoms with van der Waals surface area (Å²) in [6.45, 7) is 2.18. The van der Waals surface area contributed by atoms with Crippen LogP contribution in [0.15, 0.2) is 48.5 Å². The minimum Gasteiger partial charge on any atom is -0.458 e. The number of benzene rings is 3. The molecule has 0 radical (unpaired) electrons. The van der Waals surface area contributed by atoms with Crippen molar-refractivity contribution >= 4 is 33.5 Å². The van der Waals surface area contributed by atoms with E-state index in [-0.39, 0.29) is 18.0 Å². The molecule has 2 bridgehead atoms. The number of rotatable bonds is 5. The minimum absolute atomic E-state index is 0.255. The SMILES string of the molecule is CCCCCC[C@@H]1OC(=O)[C@H]2[C@@H]1OC(=O)[C@]21Cc2c3ccccc3c1c1ccccc21. The van der Waals surface area contributed by atoms with Crippen LogP contribution in [-0.2, 0) is 30.9 Å². The van der Waals surface area contributed by atoms with Gasteiger partial charge in [-0.2, -0.15) is 0 Å². The molecule has 0 saturated carbocycles. The molecule has 1 spiro atoms. The molecule has 0 aromatic heterocycles. The van der Waals surface area contributed by atoms with Gasteiger partial charge in [0.1, 0.15) is 17.4 Å². The number of carbonyl (C=O) groups is 2. The Balaban J connectivity index is 1.50. The third kappa shape index (κ3) is 2.42. The molecule has 4 heteroatoms. The van der Waals surface area contributed by atoms with Gasteiger partial charge in [0.25, 0.3) is 0 Å². The summed E-state index contributed by atoms with van der Waals surface area (Å²) in [7, 11) is 0. The normalized spacial score (nSPS) is 28.5.